The van der Waals surface area contributed by atoms with Gasteiger partial charge in [0.1, 0.15) is 17.2 Å². The first-order valence-electron chi connectivity index (χ1n) is 10.1. The van der Waals surface area contributed by atoms with E-state index in [1.807, 2.05) is 43.6 Å². The average Bonchev–Trinajstić information content (AvgIpc) is 3.23. The summed E-state index contributed by atoms with van der Waals surface area (Å²) in [5.74, 6) is -0.275. The highest BCUT2D eigenvalue weighted by Gasteiger charge is 2.52. The Hall–Kier alpha value is -4.18. The number of urea groups is 1. The van der Waals surface area contributed by atoms with Gasteiger partial charge in [0.25, 0.3) is 17.4 Å². The van der Waals surface area contributed by atoms with Crippen molar-refractivity contribution in [2.45, 2.75) is 12.0 Å². The summed E-state index contributed by atoms with van der Waals surface area (Å²) in [4.78, 5) is 36.4. The van der Waals surface area contributed by atoms with E-state index < -0.39 is 23.4 Å². The molecular weight excluding hydrogens is 428 g/mol. The average molecular weight is 450 g/mol. The van der Waals surface area contributed by atoms with Gasteiger partial charge in [0.05, 0.1) is 12.3 Å². The second-order valence-corrected chi connectivity index (χ2v) is 7.38. The molecule has 1 saturated heterocycles. The largest absolute Gasteiger partial charge is 0.467 e. The highest BCUT2D eigenvalue weighted by molar-refractivity contribution is 6.21. The third-order valence-electron chi connectivity index (χ3n) is 5.06. The van der Waals surface area contributed by atoms with Crippen molar-refractivity contribution < 1.29 is 28.6 Å². The van der Waals surface area contributed by atoms with Crippen LogP contribution in [0.2, 0.25) is 0 Å². The van der Waals surface area contributed by atoms with Crippen LogP contribution in [0.4, 0.5) is 4.79 Å². The molecule has 2 heterocycles. The number of nitrogens with zero attached hydrogens (tertiary/aromatic N) is 2. The van der Waals surface area contributed by atoms with Crippen LogP contribution in [0.25, 0.3) is 11.3 Å². The Kier molecular flexibility index (Phi) is 6.09. The molecule has 0 aliphatic carbocycles. The van der Waals surface area contributed by atoms with Crippen LogP contribution < -0.4 is 20.1 Å². The molecule has 33 heavy (non-hydrogen) atoms. The smallest absolute Gasteiger partial charge is 0.328 e. The molecule has 4 amide bonds. The summed E-state index contributed by atoms with van der Waals surface area (Å²) in [6.07, 6.45) is 1.80. The molecule has 1 aliphatic heterocycles. The van der Waals surface area contributed by atoms with Crippen molar-refractivity contribution >= 4 is 17.8 Å². The molecule has 10 heteroatoms. The number of nitrogens with one attached hydrogen (secondary N) is 2. The zero-order valence-corrected chi connectivity index (χ0v) is 18.0. The van der Waals surface area contributed by atoms with E-state index in [9.17, 15) is 14.4 Å². The van der Waals surface area contributed by atoms with Crippen LogP contribution in [-0.2, 0) is 21.4 Å². The minimum atomic E-state index is -1.92. The molecule has 170 valence electrons. The number of carbonyl (C=O) groups excluding carboxylic acids is 3. The molecule has 10 nitrogen and oxygen atoms in total. The summed E-state index contributed by atoms with van der Waals surface area (Å²) >= 11 is 0. The zero-order chi connectivity index (χ0) is 23.4. The van der Waals surface area contributed by atoms with Crippen LogP contribution in [0.3, 0.4) is 0 Å². The van der Waals surface area contributed by atoms with E-state index in [1.54, 1.807) is 28.9 Å². The number of hydrogen-bond acceptors (Lipinski definition) is 7. The third kappa shape index (κ3) is 4.70. The van der Waals surface area contributed by atoms with E-state index in [0.29, 0.717) is 11.5 Å². The van der Waals surface area contributed by atoms with E-state index in [2.05, 4.69) is 15.7 Å². The van der Waals surface area contributed by atoms with Crippen LogP contribution in [0.5, 0.6) is 17.2 Å². The van der Waals surface area contributed by atoms with Gasteiger partial charge in [-0.3, -0.25) is 24.9 Å². The number of hydrogen-bond donors (Lipinski definition) is 2. The number of benzene rings is 2. The molecule has 1 aromatic heterocycles. The number of ether oxygens (including phenoxy) is 3. The van der Waals surface area contributed by atoms with E-state index >= 15 is 0 Å². The number of aryl methyl sites for hydroxylation is 1. The van der Waals surface area contributed by atoms with Gasteiger partial charge in [0.2, 0.25) is 0 Å². The molecule has 0 bridgehead atoms. The summed E-state index contributed by atoms with van der Waals surface area (Å²) < 4.78 is 18.4. The summed E-state index contributed by atoms with van der Waals surface area (Å²) in [5, 5.41) is 8.51. The van der Waals surface area contributed by atoms with Crippen molar-refractivity contribution in [2.24, 2.45) is 7.05 Å². The summed E-state index contributed by atoms with van der Waals surface area (Å²) in [5.41, 5.74) is -0.0887. The first-order valence-corrected chi connectivity index (χ1v) is 10.1. The summed E-state index contributed by atoms with van der Waals surface area (Å²) in [6, 6.07) is 15.0. The Morgan fingerprint density at radius 3 is 2.00 bits per heavy atom. The first kappa shape index (κ1) is 22.0. The molecule has 0 atom stereocenters. The minimum absolute atomic E-state index is 0.0741. The van der Waals surface area contributed by atoms with Crippen LogP contribution >= 0.6 is 0 Å². The molecular formula is C23H22N4O6. The molecule has 0 spiro atoms. The van der Waals surface area contributed by atoms with Gasteiger partial charge in [-0.15, -0.1) is 0 Å². The Balaban J connectivity index is 1.46. The van der Waals surface area contributed by atoms with Crippen molar-refractivity contribution in [3.63, 3.8) is 0 Å². The maximum Gasteiger partial charge on any atom is 0.328 e. The van der Waals surface area contributed by atoms with E-state index in [0.717, 1.165) is 11.3 Å². The molecule has 0 unspecified atom stereocenters. The highest BCUT2D eigenvalue weighted by Crippen LogP contribution is 2.29. The Labute approximate surface area is 189 Å². The molecule has 2 aromatic carbocycles. The van der Waals surface area contributed by atoms with E-state index in [-0.39, 0.29) is 18.8 Å². The number of amides is 4. The van der Waals surface area contributed by atoms with Gasteiger partial charge in [-0.2, -0.15) is 5.10 Å². The number of barbiturate groups is 1. The predicted molar refractivity (Wildman–Crippen MR) is 117 cm³/mol. The Bertz CT molecular complexity index is 1150. The fraction of sp³-hybridized carbons (Fsp3) is 0.217. The SMILES string of the molecule is COCCC1(Oc2ccc(Oc3ccc(-c4ccn(C)n4)cc3)cc2)C(=O)NC(=O)NC1=O. The van der Waals surface area contributed by atoms with Crippen molar-refractivity contribution in [2.75, 3.05) is 13.7 Å². The normalized spacial score (nSPS) is 15.0. The maximum atomic E-state index is 12.5. The molecule has 1 fully saturated rings. The number of imide groups is 2. The summed E-state index contributed by atoms with van der Waals surface area (Å²) in [7, 11) is 3.30. The molecule has 2 N–H and O–H groups in total. The number of aromatic nitrogens is 2. The number of carbonyl (C=O) groups is 3. The van der Waals surface area contributed by atoms with E-state index in [4.69, 9.17) is 14.2 Å². The van der Waals surface area contributed by atoms with Gasteiger partial charge < -0.3 is 14.2 Å². The fourth-order valence-electron chi connectivity index (χ4n) is 3.33. The van der Waals surface area contributed by atoms with Crippen molar-refractivity contribution in [1.82, 2.24) is 20.4 Å². The quantitative estimate of drug-likeness (QED) is 0.506. The van der Waals surface area contributed by atoms with Crippen LogP contribution in [-0.4, -0.2) is 46.9 Å². The molecule has 0 saturated carbocycles. The van der Waals surface area contributed by atoms with Crippen LogP contribution in [0.1, 0.15) is 6.42 Å². The van der Waals surface area contributed by atoms with Gasteiger partial charge in [-0.1, -0.05) is 0 Å². The van der Waals surface area contributed by atoms with Crippen molar-refractivity contribution in [1.29, 1.82) is 0 Å². The lowest BCUT2D eigenvalue weighted by atomic mass is 9.95. The molecule has 1 aliphatic rings. The Morgan fingerprint density at radius 2 is 1.45 bits per heavy atom. The van der Waals surface area contributed by atoms with Crippen LogP contribution in [0, 0.1) is 0 Å². The van der Waals surface area contributed by atoms with E-state index in [1.165, 1.54) is 7.11 Å². The number of rotatable bonds is 8. The predicted octanol–water partition coefficient (Wildman–Crippen LogP) is 2.40. The van der Waals surface area contributed by atoms with Gasteiger partial charge >= 0.3 is 6.03 Å². The lowest BCUT2D eigenvalue weighted by Crippen LogP contribution is -2.69. The topological polar surface area (TPSA) is 121 Å². The lowest BCUT2D eigenvalue weighted by molar-refractivity contribution is -0.153. The minimum Gasteiger partial charge on any atom is -0.467 e. The second-order valence-electron chi connectivity index (χ2n) is 7.38. The van der Waals surface area contributed by atoms with Gasteiger partial charge in [-0.25, -0.2) is 4.79 Å². The van der Waals surface area contributed by atoms with Crippen LogP contribution in [0.15, 0.2) is 60.8 Å². The monoisotopic (exact) mass is 450 g/mol. The maximum absolute atomic E-state index is 12.5. The second kappa shape index (κ2) is 9.13. The fourth-order valence-corrected chi connectivity index (χ4v) is 3.33. The van der Waals surface area contributed by atoms with Crippen molar-refractivity contribution in [3.8, 4) is 28.5 Å². The third-order valence-corrected chi connectivity index (χ3v) is 5.06. The molecule has 4 rings (SSSR count). The molecule has 0 radical (unpaired) electrons. The standard InChI is InChI=1S/C23H22N4O6/c1-27-13-11-19(26-27)15-3-5-16(6-4-15)32-17-7-9-18(10-8-17)33-23(12-14-31-2)20(28)24-22(30)25-21(23)29/h3-11,13H,12,14H2,1-2H3,(H2,24,25,28,29,30). The van der Waals surface area contributed by atoms with Gasteiger partial charge in [-0.05, 0) is 54.6 Å². The Morgan fingerprint density at radius 1 is 0.879 bits per heavy atom. The number of methoxy groups -OCH3 is 1. The molecule has 3 aromatic rings. The lowest BCUT2D eigenvalue weighted by Gasteiger charge is -2.34. The zero-order valence-electron chi connectivity index (χ0n) is 18.0. The van der Waals surface area contributed by atoms with Crippen molar-refractivity contribution in [3.05, 3.63) is 60.8 Å². The first-order chi connectivity index (χ1) is 15.9. The summed E-state index contributed by atoms with van der Waals surface area (Å²) in [6.45, 7) is 0.0741. The highest BCUT2D eigenvalue weighted by atomic mass is 16.5. The van der Waals surface area contributed by atoms with Gasteiger partial charge in [0, 0.05) is 32.3 Å². The van der Waals surface area contributed by atoms with Gasteiger partial charge in [0.15, 0.2) is 0 Å².